The fourth-order valence-corrected chi connectivity index (χ4v) is 5.64. The Morgan fingerprint density at radius 2 is 1.78 bits per heavy atom. The first-order chi connectivity index (χ1) is 15.4. The molecular formula is C24H34N2O5S. The highest BCUT2D eigenvalue weighted by Crippen LogP contribution is 2.60. The van der Waals surface area contributed by atoms with E-state index < -0.39 is 10.8 Å². The molecule has 3 N–H and O–H groups in total. The molecule has 1 aliphatic heterocycles. The number of nitrogens with zero attached hydrogens (tertiary/aromatic N) is 1. The Morgan fingerprint density at radius 3 is 2.53 bits per heavy atom. The zero-order valence-electron chi connectivity index (χ0n) is 19.0. The van der Waals surface area contributed by atoms with Gasteiger partial charge in [0.25, 0.3) is 0 Å². The lowest BCUT2D eigenvalue weighted by atomic mass is 9.96. The van der Waals surface area contributed by atoms with E-state index in [4.69, 9.17) is 9.47 Å². The molecule has 0 aromatic heterocycles. The van der Waals surface area contributed by atoms with E-state index >= 15 is 0 Å². The van der Waals surface area contributed by atoms with Crippen LogP contribution in [0.25, 0.3) is 0 Å². The number of hydrogen-bond donors (Lipinski definition) is 3. The second-order valence-electron chi connectivity index (χ2n) is 7.81. The molecule has 1 unspecified atom stereocenters. The van der Waals surface area contributed by atoms with Crippen LogP contribution in [0, 0.1) is 0 Å². The SMILES string of the molecule is CCOC(=O)CCCCCCNC1c2ccccc2S(O)(O)N(C)c2c(OC)cccc21. The molecule has 8 heteroatoms. The van der Waals surface area contributed by atoms with Gasteiger partial charge in [0.15, 0.2) is 0 Å². The molecule has 1 heterocycles. The lowest BCUT2D eigenvalue weighted by molar-refractivity contribution is -0.143. The number of carbonyl (C=O) groups is 1. The molecule has 7 nitrogen and oxygen atoms in total. The van der Waals surface area contributed by atoms with Crippen LogP contribution in [0.2, 0.25) is 0 Å². The van der Waals surface area contributed by atoms with Crippen LogP contribution in [0.1, 0.15) is 56.2 Å². The number of anilines is 1. The van der Waals surface area contributed by atoms with Crippen LogP contribution in [0.15, 0.2) is 47.4 Å². The van der Waals surface area contributed by atoms with Crippen molar-refractivity contribution in [2.75, 3.05) is 31.6 Å². The smallest absolute Gasteiger partial charge is 0.305 e. The predicted octanol–water partition coefficient (Wildman–Crippen LogP) is 5.36. The predicted molar refractivity (Wildman–Crippen MR) is 129 cm³/mol. The van der Waals surface area contributed by atoms with Gasteiger partial charge in [0.05, 0.1) is 24.7 Å². The van der Waals surface area contributed by atoms with Crippen LogP contribution < -0.4 is 14.4 Å². The zero-order valence-corrected chi connectivity index (χ0v) is 19.9. The number of methoxy groups -OCH3 is 1. The summed E-state index contributed by atoms with van der Waals surface area (Å²) < 4.78 is 34.4. The highest BCUT2D eigenvalue weighted by atomic mass is 32.3. The van der Waals surface area contributed by atoms with Crippen molar-refractivity contribution < 1.29 is 23.4 Å². The second-order valence-corrected chi connectivity index (χ2v) is 9.83. The van der Waals surface area contributed by atoms with Gasteiger partial charge in [0, 0.05) is 19.0 Å². The van der Waals surface area contributed by atoms with Crippen molar-refractivity contribution in [3.05, 3.63) is 53.6 Å². The maximum absolute atomic E-state index is 11.4. The molecule has 2 aromatic rings. The van der Waals surface area contributed by atoms with Crippen LogP contribution in [0.5, 0.6) is 5.75 Å². The second kappa shape index (κ2) is 11.0. The molecule has 1 atom stereocenters. The summed E-state index contributed by atoms with van der Waals surface area (Å²) in [5, 5.41) is 3.62. The van der Waals surface area contributed by atoms with Crippen molar-refractivity contribution >= 4 is 22.4 Å². The fourth-order valence-electron chi connectivity index (χ4n) is 4.13. The third-order valence-corrected chi connectivity index (χ3v) is 7.65. The van der Waals surface area contributed by atoms with Crippen molar-refractivity contribution in [1.29, 1.82) is 0 Å². The van der Waals surface area contributed by atoms with Crippen LogP contribution in [-0.4, -0.2) is 42.4 Å². The molecule has 0 saturated carbocycles. The van der Waals surface area contributed by atoms with Crippen LogP contribution in [-0.2, 0) is 9.53 Å². The molecule has 1 aliphatic rings. The van der Waals surface area contributed by atoms with Gasteiger partial charge >= 0.3 is 5.97 Å². The Kier molecular flexibility index (Phi) is 8.42. The number of unbranched alkanes of at least 4 members (excludes halogenated alkanes) is 3. The number of carbonyl (C=O) groups excluding carboxylic acids is 1. The molecule has 32 heavy (non-hydrogen) atoms. The molecule has 176 valence electrons. The summed E-state index contributed by atoms with van der Waals surface area (Å²) >= 11 is 0. The Bertz CT molecular complexity index is 921. The monoisotopic (exact) mass is 462 g/mol. The van der Waals surface area contributed by atoms with Gasteiger partial charge in [-0.3, -0.25) is 18.2 Å². The number of hydrogen-bond acceptors (Lipinski definition) is 7. The Balaban J connectivity index is 1.76. The summed E-state index contributed by atoms with van der Waals surface area (Å²) in [4.78, 5) is 12.0. The molecule has 2 aromatic carbocycles. The van der Waals surface area contributed by atoms with Crippen molar-refractivity contribution in [3.63, 3.8) is 0 Å². The Morgan fingerprint density at radius 1 is 1.06 bits per heavy atom. The van der Waals surface area contributed by atoms with Gasteiger partial charge in [-0.2, -0.15) is 0 Å². The molecule has 0 amide bonds. The number of ether oxygens (including phenoxy) is 2. The van der Waals surface area contributed by atoms with Crippen molar-refractivity contribution in [1.82, 2.24) is 5.32 Å². The number of para-hydroxylation sites is 1. The normalized spacial score (nSPS) is 17.7. The standard InChI is InChI=1S/C24H34N2O5S/c1-4-31-22(27)16-7-5-6-10-17-25-23-18-12-8-9-15-21(18)32(28,29)26(2)24-19(23)13-11-14-20(24)30-3/h8-9,11-15,23,25,28-29H,4-7,10,16-17H2,1-3H3. The van der Waals surface area contributed by atoms with Gasteiger partial charge in [-0.1, -0.05) is 53.9 Å². The van der Waals surface area contributed by atoms with E-state index in [1.807, 2.05) is 43.3 Å². The lowest BCUT2D eigenvalue weighted by Gasteiger charge is -2.42. The number of fused-ring (bicyclic) bond motifs is 2. The molecule has 0 bridgehead atoms. The first-order valence-corrected chi connectivity index (χ1v) is 12.6. The Hall–Kier alpha value is -2.26. The zero-order chi connectivity index (χ0) is 23.1. The highest BCUT2D eigenvalue weighted by molar-refractivity contribution is 8.25. The molecule has 0 saturated heterocycles. The van der Waals surface area contributed by atoms with Crippen LogP contribution >= 0.6 is 10.8 Å². The topological polar surface area (TPSA) is 91.3 Å². The van der Waals surface area contributed by atoms with Crippen molar-refractivity contribution in [2.45, 2.75) is 50.0 Å². The minimum Gasteiger partial charge on any atom is -0.495 e. The number of benzene rings is 2. The largest absolute Gasteiger partial charge is 0.495 e. The average molecular weight is 463 g/mol. The summed E-state index contributed by atoms with van der Waals surface area (Å²) in [6, 6.07) is 13.0. The van der Waals surface area contributed by atoms with E-state index in [9.17, 15) is 13.9 Å². The summed E-state index contributed by atoms with van der Waals surface area (Å²) in [7, 11) is 0.0609. The van der Waals surface area contributed by atoms with E-state index in [0.717, 1.165) is 43.4 Å². The van der Waals surface area contributed by atoms with Gasteiger partial charge in [-0.25, -0.2) is 0 Å². The van der Waals surface area contributed by atoms with Gasteiger partial charge in [0.2, 0.25) is 0 Å². The maximum Gasteiger partial charge on any atom is 0.305 e. The van der Waals surface area contributed by atoms with E-state index in [2.05, 4.69) is 5.32 Å². The van der Waals surface area contributed by atoms with Crippen molar-refractivity contribution in [2.24, 2.45) is 0 Å². The Labute approximate surface area is 192 Å². The molecule has 0 spiro atoms. The molecule has 0 fully saturated rings. The first kappa shape index (κ1) is 24.4. The quantitative estimate of drug-likeness (QED) is 0.323. The third-order valence-electron chi connectivity index (χ3n) is 5.74. The fraction of sp³-hybridized carbons (Fsp3) is 0.458. The number of rotatable bonds is 10. The third kappa shape index (κ3) is 5.20. The lowest BCUT2D eigenvalue weighted by Crippen LogP contribution is -2.24. The van der Waals surface area contributed by atoms with Gasteiger partial charge in [0.1, 0.15) is 11.4 Å². The minimum absolute atomic E-state index is 0.130. The van der Waals surface area contributed by atoms with E-state index in [1.54, 1.807) is 20.2 Å². The number of esters is 1. The average Bonchev–Trinajstić information content (AvgIpc) is 2.86. The first-order valence-electron chi connectivity index (χ1n) is 11.1. The molecule has 0 radical (unpaired) electrons. The molecule has 3 rings (SSSR count). The van der Waals surface area contributed by atoms with E-state index in [0.29, 0.717) is 29.4 Å². The van der Waals surface area contributed by atoms with Crippen LogP contribution in [0.4, 0.5) is 5.69 Å². The van der Waals surface area contributed by atoms with Gasteiger partial charge < -0.3 is 14.8 Å². The molecule has 0 aliphatic carbocycles. The van der Waals surface area contributed by atoms with E-state index in [-0.39, 0.29) is 12.0 Å². The summed E-state index contributed by atoms with van der Waals surface area (Å²) in [6.45, 7) is 3.01. The summed E-state index contributed by atoms with van der Waals surface area (Å²) in [5.41, 5.74) is 2.48. The minimum atomic E-state index is -3.22. The van der Waals surface area contributed by atoms with Crippen LogP contribution in [0.3, 0.4) is 0 Å². The van der Waals surface area contributed by atoms with Gasteiger partial charge in [-0.05, 0) is 44.0 Å². The molecular weight excluding hydrogens is 428 g/mol. The number of nitrogens with one attached hydrogen (secondary N) is 1. The van der Waals surface area contributed by atoms with E-state index in [1.165, 1.54) is 4.31 Å². The highest BCUT2D eigenvalue weighted by Gasteiger charge is 2.36. The van der Waals surface area contributed by atoms with Crippen molar-refractivity contribution in [3.8, 4) is 5.75 Å². The maximum atomic E-state index is 11.4. The summed E-state index contributed by atoms with van der Waals surface area (Å²) in [5.74, 6) is 0.470. The summed E-state index contributed by atoms with van der Waals surface area (Å²) in [6.07, 6.45) is 4.22. The van der Waals surface area contributed by atoms with Gasteiger partial charge in [-0.15, -0.1) is 0 Å².